The summed E-state index contributed by atoms with van der Waals surface area (Å²) in [4.78, 5) is 5.82. The molecule has 2 saturated carbocycles. The molecule has 0 amide bonds. The number of benzene rings is 6. The lowest BCUT2D eigenvalue weighted by atomic mass is 9.33. The van der Waals surface area contributed by atoms with Crippen LogP contribution in [-0.2, 0) is 21.7 Å². The molecule has 0 N–H and O–H groups in total. The first-order chi connectivity index (χ1) is 31.1. The Balaban J connectivity index is 1.14. The number of anilines is 4. The van der Waals surface area contributed by atoms with E-state index in [-0.39, 0.29) is 39.5 Å². The van der Waals surface area contributed by atoms with Crippen molar-refractivity contribution >= 4 is 56.8 Å². The Labute approximate surface area is 387 Å². The molecule has 1 aromatic heterocycles. The molecule has 4 aliphatic heterocycles. The second kappa shape index (κ2) is 12.1. The molecule has 14 rings (SSSR count). The fourth-order valence-electron chi connectivity index (χ4n) is 15.8. The number of nitrogens with zero attached hydrogens (tertiary/aromatic N) is 3. The zero-order valence-corrected chi connectivity index (χ0v) is 40.0. The van der Waals surface area contributed by atoms with Crippen molar-refractivity contribution in [3.63, 3.8) is 0 Å². The van der Waals surface area contributed by atoms with Crippen molar-refractivity contribution in [2.75, 3.05) is 9.80 Å². The van der Waals surface area contributed by atoms with Gasteiger partial charge in [0.2, 0.25) is 0 Å². The molecule has 5 heterocycles. The Morgan fingerprint density at radius 2 is 1.20 bits per heavy atom. The van der Waals surface area contributed by atoms with Gasteiger partial charge in [0.1, 0.15) is 0 Å². The van der Waals surface area contributed by atoms with E-state index in [9.17, 15) is 0 Å². The van der Waals surface area contributed by atoms with Crippen LogP contribution < -0.4 is 26.2 Å². The molecule has 0 bridgehead atoms. The second-order valence-corrected chi connectivity index (χ2v) is 23.9. The van der Waals surface area contributed by atoms with E-state index < -0.39 is 0 Å². The van der Waals surface area contributed by atoms with Gasteiger partial charge in [-0.25, -0.2) is 0 Å². The third kappa shape index (κ3) is 4.38. The smallest absolute Gasteiger partial charge is 0.252 e. The van der Waals surface area contributed by atoms with Gasteiger partial charge in [0.15, 0.2) is 0 Å². The predicted molar refractivity (Wildman–Crippen MR) is 275 cm³/mol. The molecule has 2 fully saturated rings. The van der Waals surface area contributed by atoms with Gasteiger partial charge in [-0.05, 0) is 131 Å². The highest BCUT2D eigenvalue weighted by Gasteiger charge is 2.63. The summed E-state index contributed by atoms with van der Waals surface area (Å²) in [5, 5.41) is 1.44. The molecule has 4 unspecified atom stereocenters. The molecule has 3 aliphatic carbocycles. The third-order valence-electron chi connectivity index (χ3n) is 19.6. The molecule has 7 aliphatic rings. The van der Waals surface area contributed by atoms with Crippen molar-refractivity contribution < 1.29 is 0 Å². The normalized spacial score (nSPS) is 26.9. The lowest BCUT2D eigenvalue weighted by molar-refractivity contribution is 0.194. The van der Waals surface area contributed by atoms with Crippen molar-refractivity contribution in [2.45, 2.75) is 146 Å². The average molecular weight is 848 g/mol. The summed E-state index contributed by atoms with van der Waals surface area (Å²) in [5.41, 5.74) is 25.7. The van der Waals surface area contributed by atoms with Crippen molar-refractivity contribution in [1.29, 1.82) is 0 Å². The van der Waals surface area contributed by atoms with Crippen LogP contribution in [0.25, 0.3) is 39.0 Å². The lowest BCUT2D eigenvalue weighted by Gasteiger charge is -2.53. The number of hydrogen-bond donors (Lipinski definition) is 0. The third-order valence-corrected chi connectivity index (χ3v) is 19.6. The monoisotopic (exact) mass is 848 g/mol. The Hall–Kier alpha value is -5.48. The molecule has 0 spiro atoms. The van der Waals surface area contributed by atoms with Crippen LogP contribution >= 0.6 is 0 Å². The molecule has 324 valence electrons. The molecule has 4 atom stereocenters. The van der Waals surface area contributed by atoms with E-state index in [2.05, 4.69) is 192 Å². The highest BCUT2D eigenvalue weighted by Crippen LogP contribution is 2.65. The maximum absolute atomic E-state index is 2.95. The van der Waals surface area contributed by atoms with Gasteiger partial charge in [-0.2, -0.15) is 0 Å². The summed E-state index contributed by atoms with van der Waals surface area (Å²) in [6, 6.07) is 46.0. The minimum absolute atomic E-state index is 0.00324. The van der Waals surface area contributed by atoms with E-state index in [1.54, 1.807) is 5.56 Å². The van der Waals surface area contributed by atoms with Crippen molar-refractivity contribution in [2.24, 2.45) is 0 Å². The first-order valence-corrected chi connectivity index (χ1v) is 25.1. The standard InChI is InChI=1S/C61H62BN3/c1-56(2,3)39-33-42-51-54(41-22-13-14-23-43(41)57(51,4)5)63-49-35-40(64-48-27-26-38(37-20-11-10-12-21-37)32-45(48)59(7)29-16-17-30-60(59,64)8)36-50-52(49)62(47(34-39)53(42)63)46-25-19-24-44-55(46)65(50)61(9)31-18-15-28-58(44,61)6/h10-14,19-27,32-36H,15-18,28-31H2,1-9H3. The van der Waals surface area contributed by atoms with Gasteiger partial charge in [0.25, 0.3) is 6.71 Å². The summed E-state index contributed by atoms with van der Waals surface area (Å²) in [6.07, 6.45) is 9.88. The molecular weight excluding hydrogens is 786 g/mol. The number of para-hydroxylation sites is 1. The summed E-state index contributed by atoms with van der Waals surface area (Å²) in [7, 11) is 0. The number of hydrogen-bond acceptors (Lipinski definition) is 2. The Kier molecular flexibility index (Phi) is 7.21. The van der Waals surface area contributed by atoms with Crippen LogP contribution in [0, 0.1) is 0 Å². The van der Waals surface area contributed by atoms with Gasteiger partial charge in [-0.3, -0.25) is 0 Å². The van der Waals surface area contributed by atoms with Crippen LogP contribution in [0.2, 0.25) is 0 Å². The number of rotatable bonds is 2. The number of aromatic nitrogens is 1. The fraction of sp³-hybridized carbons (Fsp3) is 0.377. The van der Waals surface area contributed by atoms with Crippen molar-refractivity contribution in [3.05, 3.63) is 143 Å². The van der Waals surface area contributed by atoms with Crippen LogP contribution in [0.1, 0.15) is 141 Å². The summed E-state index contributed by atoms with van der Waals surface area (Å²) in [5.74, 6) is 0. The second-order valence-electron chi connectivity index (χ2n) is 23.9. The highest BCUT2D eigenvalue weighted by atomic mass is 15.3. The minimum Gasteiger partial charge on any atom is -0.335 e. The van der Waals surface area contributed by atoms with Crippen LogP contribution in [0.3, 0.4) is 0 Å². The molecule has 0 radical (unpaired) electrons. The zero-order chi connectivity index (χ0) is 44.4. The number of fused-ring (bicyclic) bond motifs is 15. The molecule has 7 aromatic rings. The van der Waals surface area contributed by atoms with Gasteiger partial charge < -0.3 is 14.4 Å². The molecule has 6 aromatic carbocycles. The fourth-order valence-corrected chi connectivity index (χ4v) is 15.8. The van der Waals surface area contributed by atoms with Crippen molar-refractivity contribution in [1.82, 2.24) is 4.57 Å². The van der Waals surface area contributed by atoms with Gasteiger partial charge >= 0.3 is 0 Å². The Morgan fingerprint density at radius 3 is 1.95 bits per heavy atom. The van der Waals surface area contributed by atoms with E-state index >= 15 is 0 Å². The van der Waals surface area contributed by atoms with Crippen molar-refractivity contribution in [3.8, 4) is 28.1 Å². The molecule has 65 heavy (non-hydrogen) atoms. The highest BCUT2D eigenvalue weighted by molar-refractivity contribution is 7.00. The zero-order valence-electron chi connectivity index (χ0n) is 40.0. The topological polar surface area (TPSA) is 11.4 Å². The maximum atomic E-state index is 2.95. The molecule has 4 heteroatoms. The first-order valence-electron chi connectivity index (χ1n) is 25.1. The minimum atomic E-state index is -0.147. The predicted octanol–water partition coefficient (Wildman–Crippen LogP) is 13.5. The SMILES string of the molecule is CC(C)(C)c1cc2c3c(c1)c1c(n3-c3cc(N4c5ccc(-c6ccccc6)cc5C5(C)CCCCC45C)cc4c3B2c2cccc3c2N4C2(C)CCCCC32C)-c2ccccc2C1(C)C. The van der Waals surface area contributed by atoms with Gasteiger partial charge in [0.05, 0.1) is 16.8 Å². The van der Waals surface area contributed by atoms with Crippen LogP contribution in [0.5, 0.6) is 0 Å². The quantitative estimate of drug-likeness (QED) is 0.161. The molecular formula is C61H62BN3. The lowest BCUT2D eigenvalue weighted by Crippen LogP contribution is -2.64. The van der Waals surface area contributed by atoms with E-state index in [1.807, 2.05) is 0 Å². The largest absolute Gasteiger partial charge is 0.335 e. The summed E-state index contributed by atoms with van der Waals surface area (Å²) < 4.78 is 2.81. The average Bonchev–Trinajstić information content (AvgIpc) is 3.91. The maximum Gasteiger partial charge on any atom is 0.252 e. The molecule has 0 saturated heterocycles. The van der Waals surface area contributed by atoms with Gasteiger partial charge in [0, 0.05) is 61.1 Å². The van der Waals surface area contributed by atoms with E-state index in [0.29, 0.717) is 0 Å². The van der Waals surface area contributed by atoms with E-state index in [4.69, 9.17) is 0 Å². The van der Waals surface area contributed by atoms with Gasteiger partial charge in [-0.15, -0.1) is 0 Å². The summed E-state index contributed by atoms with van der Waals surface area (Å²) in [6.45, 7) is 22.9. The van der Waals surface area contributed by atoms with E-state index in [1.165, 1.54) is 152 Å². The summed E-state index contributed by atoms with van der Waals surface area (Å²) >= 11 is 0. The Morgan fingerprint density at radius 1 is 0.538 bits per heavy atom. The van der Waals surface area contributed by atoms with Crippen LogP contribution in [0.4, 0.5) is 22.7 Å². The van der Waals surface area contributed by atoms with Gasteiger partial charge in [-0.1, -0.05) is 159 Å². The van der Waals surface area contributed by atoms with E-state index in [0.717, 1.165) is 0 Å². The van der Waals surface area contributed by atoms with Crippen LogP contribution in [0.15, 0.2) is 115 Å². The Bertz CT molecular complexity index is 3270. The molecule has 3 nitrogen and oxygen atoms in total. The van der Waals surface area contributed by atoms with Crippen LogP contribution in [-0.4, -0.2) is 22.4 Å². The first kappa shape index (κ1) is 38.8.